The second-order valence-corrected chi connectivity index (χ2v) is 4.67. The van der Waals surface area contributed by atoms with Crippen molar-refractivity contribution in [1.82, 2.24) is 9.97 Å². The average molecular weight is 254 g/mol. The Morgan fingerprint density at radius 3 is 3.11 bits per heavy atom. The quantitative estimate of drug-likeness (QED) is 0.910. The molecule has 0 atom stereocenters. The maximum absolute atomic E-state index is 9.18. The van der Waals surface area contributed by atoms with Gasteiger partial charge in [-0.25, -0.2) is 9.97 Å². The number of nitriles is 1. The van der Waals surface area contributed by atoms with Gasteiger partial charge in [-0.3, -0.25) is 0 Å². The lowest BCUT2D eigenvalue weighted by Crippen LogP contribution is -2.05. The van der Waals surface area contributed by atoms with Crippen LogP contribution in [-0.4, -0.2) is 9.97 Å². The minimum Gasteiger partial charge on any atom is -0.444 e. The maximum Gasteiger partial charge on any atom is 0.213 e. The highest BCUT2D eigenvalue weighted by molar-refractivity contribution is 5.55. The zero-order valence-electron chi connectivity index (χ0n) is 10.7. The zero-order chi connectivity index (χ0) is 13.2. The van der Waals surface area contributed by atoms with Crippen LogP contribution in [0.2, 0.25) is 0 Å². The Bertz CT molecular complexity index is 654. The molecular weight excluding hydrogens is 240 g/mol. The Morgan fingerprint density at radius 2 is 2.37 bits per heavy atom. The van der Waals surface area contributed by atoms with E-state index in [2.05, 4.69) is 21.4 Å². The van der Waals surface area contributed by atoms with Crippen molar-refractivity contribution in [1.29, 1.82) is 5.26 Å². The van der Waals surface area contributed by atoms with E-state index in [1.165, 1.54) is 5.56 Å². The summed E-state index contributed by atoms with van der Waals surface area (Å²) in [5.41, 5.74) is 2.89. The van der Waals surface area contributed by atoms with Crippen LogP contribution >= 0.6 is 0 Å². The van der Waals surface area contributed by atoms with Crippen molar-refractivity contribution in [3.63, 3.8) is 0 Å². The maximum atomic E-state index is 9.18. The van der Waals surface area contributed by atoms with Gasteiger partial charge in [0.2, 0.25) is 5.89 Å². The molecule has 5 nitrogen and oxygen atoms in total. The number of hydrogen-bond donors (Lipinski definition) is 1. The van der Waals surface area contributed by atoms with Crippen molar-refractivity contribution in [2.75, 3.05) is 5.32 Å². The first-order chi connectivity index (χ1) is 9.26. The molecule has 0 radical (unpaired) electrons. The highest BCUT2D eigenvalue weighted by atomic mass is 16.4. The molecule has 1 aliphatic rings. The van der Waals surface area contributed by atoms with E-state index in [9.17, 15) is 5.26 Å². The lowest BCUT2D eigenvalue weighted by Gasteiger charge is -2.08. The molecule has 0 unspecified atom stereocenters. The lowest BCUT2D eigenvalue weighted by molar-refractivity contribution is 0.479. The Morgan fingerprint density at radius 1 is 1.47 bits per heavy atom. The van der Waals surface area contributed by atoms with Crippen LogP contribution < -0.4 is 5.32 Å². The molecule has 2 heterocycles. The number of rotatable bonds is 3. The van der Waals surface area contributed by atoms with Gasteiger partial charge in [-0.2, -0.15) is 5.26 Å². The van der Waals surface area contributed by atoms with Gasteiger partial charge in [0.25, 0.3) is 0 Å². The van der Waals surface area contributed by atoms with Gasteiger partial charge in [-0.1, -0.05) is 0 Å². The van der Waals surface area contributed by atoms with E-state index in [-0.39, 0.29) is 0 Å². The van der Waals surface area contributed by atoms with Gasteiger partial charge in [0.05, 0.1) is 18.3 Å². The van der Waals surface area contributed by atoms with E-state index in [1.807, 2.05) is 13.0 Å². The van der Waals surface area contributed by atoms with Gasteiger partial charge in [-0.05, 0) is 37.8 Å². The molecule has 5 heteroatoms. The fraction of sp³-hybridized carbons (Fsp3) is 0.357. The first-order valence-electron chi connectivity index (χ1n) is 6.34. The molecule has 0 amide bonds. The Labute approximate surface area is 111 Å². The fourth-order valence-electron chi connectivity index (χ4n) is 2.33. The van der Waals surface area contributed by atoms with Crippen molar-refractivity contribution >= 4 is 5.82 Å². The highest BCUT2D eigenvalue weighted by Gasteiger charge is 2.16. The molecule has 96 valence electrons. The Kier molecular flexibility index (Phi) is 2.92. The second-order valence-electron chi connectivity index (χ2n) is 4.67. The van der Waals surface area contributed by atoms with Gasteiger partial charge in [0.15, 0.2) is 0 Å². The SMILES string of the molecule is Cc1cnc(CNc2nc3c(cc2C#N)CCC3)o1. The van der Waals surface area contributed by atoms with Crippen molar-refractivity contribution in [3.05, 3.63) is 40.7 Å². The van der Waals surface area contributed by atoms with Crippen molar-refractivity contribution in [3.8, 4) is 6.07 Å². The van der Waals surface area contributed by atoms with Crippen LogP contribution in [0, 0.1) is 18.3 Å². The van der Waals surface area contributed by atoms with E-state index in [0.717, 1.165) is 30.7 Å². The molecule has 19 heavy (non-hydrogen) atoms. The molecule has 1 aliphatic carbocycles. The van der Waals surface area contributed by atoms with Gasteiger partial charge < -0.3 is 9.73 Å². The minimum absolute atomic E-state index is 0.439. The molecular formula is C14H14N4O. The second kappa shape index (κ2) is 4.73. The summed E-state index contributed by atoms with van der Waals surface area (Å²) in [5, 5.41) is 12.3. The van der Waals surface area contributed by atoms with Crippen LogP contribution in [0.5, 0.6) is 0 Å². The summed E-state index contributed by atoms with van der Waals surface area (Å²) in [5.74, 6) is 2.00. The van der Waals surface area contributed by atoms with Gasteiger partial charge in [0, 0.05) is 5.69 Å². The molecule has 0 saturated carbocycles. The summed E-state index contributed by atoms with van der Waals surface area (Å²) < 4.78 is 5.39. The fourth-order valence-corrected chi connectivity index (χ4v) is 2.33. The molecule has 0 aliphatic heterocycles. The first-order valence-corrected chi connectivity index (χ1v) is 6.34. The summed E-state index contributed by atoms with van der Waals surface area (Å²) in [7, 11) is 0. The van der Waals surface area contributed by atoms with E-state index in [0.29, 0.717) is 23.8 Å². The van der Waals surface area contributed by atoms with Gasteiger partial charge >= 0.3 is 0 Å². The molecule has 0 aromatic carbocycles. The standard InChI is InChI=1S/C14H14N4O/c1-9-7-16-13(19-9)8-17-14-11(6-15)5-10-3-2-4-12(10)18-14/h5,7H,2-4,8H2,1H3,(H,17,18). The van der Waals surface area contributed by atoms with Crippen LogP contribution in [0.25, 0.3) is 0 Å². The number of oxazole rings is 1. The van der Waals surface area contributed by atoms with Crippen LogP contribution in [0.4, 0.5) is 5.82 Å². The number of nitrogens with zero attached hydrogens (tertiary/aromatic N) is 3. The third kappa shape index (κ3) is 2.29. The normalized spacial score (nSPS) is 13.1. The zero-order valence-corrected chi connectivity index (χ0v) is 10.7. The molecule has 1 N–H and O–H groups in total. The summed E-state index contributed by atoms with van der Waals surface area (Å²) >= 11 is 0. The monoisotopic (exact) mass is 254 g/mol. The minimum atomic E-state index is 0.439. The highest BCUT2D eigenvalue weighted by Crippen LogP contribution is 2.25. The molecule has 3 rings (SSSR count). The summed E-state index contributed by atoms with van der Waals surface area (Å²) in [4.78, 5) is 8.66. The predicted molar refractivity (Wildman–Crippen MR) is 69.5 cm³/mol. The topological polar surface area (TPSA) is 74.7 Å². The van der Waals surface area contributed by atoms with Crippen molar-refractivity contribution in [2.45, 2.75) is 32.7 Å². The van der Waals surface area contributed by atoms with Crippen LogP contribution in [0.15, 0.2) is 16.7 Å². The third-order valence-corrected chi connectivity index (χ3v) is 3.25. The predicted octanol–water partition coefficient (Wildman–Crippen LogP) is 2.35. The number of anilines is 1. The Hall–Kier alpha value is -2.35. The van der Waals surface area contributed by atoms with E-state index in [4.69, 9.17) is 4.42 Å². The molecule has 2 aromatic rings. The number of pyridine rings is 1. The summed E-state index contributed by atoms with van der Waals surface area (Å²) in [6, 6.07) is 4.13. The molecule has 0 bridgehead atoms. The van der Waals surface area contributed by atoms with E-state index in [1.54, 1.807) is 6.20 Å². The number of aromatic nitrogens is 2. The lowest BCUT2D eigenvalue weighted by atomic mass is 10.1. The summed E-state index contributed by atoms with van der Waals surface area (Å²) in [6.07, 6.45) is 4.82. The molecule has 0 saturated heterocycles. The van der Waals surface area contributed by atoms with E-state index >= 15 is 0 Å². The third-order valence-electron chi connectivity index (χ3n) is 3.25. The van der Waals surface area contributed by atoms with Crippen LogP contribution in [0.1, 0.15) is 34.9 Å². The molecule has 0 spiro atoms. The summed E-state index contributed by atoms with van der Waals surface area (Å²) in [6.45, 7) is 2.29. The first kappa shape index (κ1) is 11.7. The Balaban J connectivity index is 1.82. The largest absolute Gasteiger partial charge is 0.444 e. The molecule has 2 aromatic heterocycles. The average Bonchev–Trinajstić information content (AvgIpc) is 3.03. The molecule has 0 fully saturated rings. The van der Waals surface area contributed by atoms with Crippen molar-refractivity contribution in [2.24, 2.45) is 0 Å². The number of hydrogen-bond acceptors (Lipinski definition) is 5. The van der Waals surface area contributed by atoms with Crippen molar-refractivity contribution < 1.29 is 4.42 Å². The number of aryl methyl sites for hydroxylation is 3. The van der Waals surface area contributed by atoms with Crippen LogP contribution in [-0.2, 0) is 19.4 Å². The number of fused-ring (bicyclic) bond motifs is 1. The van der Waals surface area contributed by atoms with Gasteiger partial charge in [-0.15, -0.1) is 0 Å². The number of nitrogens with one attached hydrogen (secondary N) is 1. The van der Waals surface area contributed by atoms with Crippen LogP contribution in [0.3, 0.4) is 0 Å². The smallest absolute Gasteiger partial charge is 0.213 e. The van der Waals surface area contributed by atoms with Gasteiger partial charge in [0.1, 0.15) is 17.6 Å². The van der Waals surface area contributed by atoms with E-state index < -0.39 is 0 Å².